The molecule has 0 aliphatic heterocycles. The van der Waals surface area contributed by atoms with Gasteiger partial charge in [0.25, 0.3) is 0 Å². The zero-order valence-corrected chi connectivity index (χ0v) is 14.7. The molecule has 0 aromatic heterocycles. The Kier molecular flexibility index (Phi) is 5.70. The van der Waals surface area contributed by atoms with Crippen LogP contribution < -0.4 is 14.2 Å². The number of hydrogen-bond acceptors (Lipinski definition) is 5. The molecule has 0 fully saturated rings. The van der Waals surface area contributed by atoms with Crippen molar-refractivity contribution in [1.82, 2.24) is 0 Å². The van der Waals surface area contributed by atoms with Gasteiger partial charge in [-0.3, -0.25) is 0 Å². The first-order valence-electron chi connectivity index (χ1n) is 8.27. The summed E-state index contributed by atoms with van der Waals surface area (Å²) in [6, 6.07) is 23.0. The van der Waals surface area contributed by atoms with E-state index in [-0.39, 0.29) is 6.61 Å². The van der Waals surface area contributed by atoms with E-state index in [1.165, 1.54) is 7.11 Å². The van der Waals surface area contributed by atoms with Gasteiger partial charge in [-0.25, -0.2) is 4.79 Å². The normalized spacial score (nSPS) is 9.93. The van der Waals surface area contributed by atoms with Gasteiger partial charge in [0.2, 0.25) is 0 Å². The van der Waals surface area contributed by atoms with Gasteiger partial charge in [0.1, 0.15) is 12.4 Å². The molecule has 3 rings (SSSR count). The first-order chi connectivity index (χ1) is 13.2. The third kappa shape index (κ3) is 4.44. The van der Waals surface area contributed by atoms with Gasteiger partial charge in [-0.15, -0.1) is 0 Å². The maximum Gasteiger partial charge on any atom is 0.343 e. The zero-order valence-electron chi connectivity index (χ0n) is 14.7. The fourth-order valence-corrected chi connectivity index (χ4v) is 2.49. The minimum Gasteiger partial charge on any atom is -0.493 e. The maximum atomic E-state index is 12.4. The highest BCUT2D eigenvalue weighted by Gasteiger charge is 2.13. The highest BCUT2D eigenvalue weighted by Crippen LogP contribution is 2.27. The number of hydrogen-bond donors (Lipinski definition) is 0. The number of nitriles is 1. The third-order valence-corrected chi connectivity index (χ3v) is 3.87. The van der Waals surface area contributed by atoms with Crippen LogP contribution in [0.1, 0.15) is 21.5 Å². The summed E-state index contributed by atoms with van der Waals surface area (Å²) in [7, 11) is 1.51. The van der Waals surface area contributed by atoms with E-state index in [0.717, 1.165) is 5.56 Å². The standard InChI is InChI=1S/C22H17NO4/c1-25-20-11-4-5-12-21(20)27-22(24)16-9-6-10-19(13-16)26-15-18-8-3-2-7-17(18)14-23/h2-13H,15H2,1H3. The Bertz CT molecular complexity index is 991. The molecule has 5 nitrogen and oxygen atoms in total. The smallest absolute Gasteiger partial charge is 0.343 e. The van der Waals surface area contributed by atoms with Crippen LogP contribution in [0.3, 0.4) is 0 Å². The number of esters is 1. The monoisotopic (exact) mass is 359 g/mol. The van der Waals surface area contributed by atoms with Crippen molar-refractivity contribution in [2.45, 2.75) is 6.61 Å². The molecule has 0 saturated carbocycles. The second kappa shape index (κ2) is 8.54. The molecular weight excluding hydrogens is 342 g/mol. The summed E-state index contributed by atoms with van der Waals surface area (Å²) >= 11 is 0. The molecule has 3 aromatic rings. The topological polar surface area (TPSA) is 68.6 Å². The fraction of sp³-hybridized carbons (Fsp3) is 0.0909. The van der Waals surface area contributed by atoms with E-state index < -0.39 is 5.97 Å². The minimum absolute atomic E-state index is 0.231. The summed E-state index contributed by atoms with van der Waals surface area (Å²) in [5, 5.41) is 9.14. The molecule has 0 aliphatic rings. The predicted molar refractivity (Wildman–Crippen MR) is 99.9 cm³/mol. The molecule has 0 spiro atoms. The second-order valence-electron chi connectivity index (χ2n) is 5.63. The van der Waals surface area contributed by atoms with Crippen molar-refractivity contribution in [2.75, 3.05) is 7.11 Å². The Labute approximate surface area is 157 Å². The molecule has 0 aliphatic carbocycles. The number of rotatable bonds is 6. The average molecular weight is 359 g/mol. The Morgan fingerprint density at radius 1 is 0.963 bits per heavy atom. The maximum absolute atomic E-state index is 12.4. The molecule has 0 unspecified atom stereocenters. The number of methoxy groups -OCH3 is 1. The van der Waals surface area contributed by atoms with Crippen LogP contribution in [-0.2, 0) is 6.61 Å². The molecule has 0 saturated heterocycles. The predicted octanol–water partition coefficient (Wildman–Crippen LogP) is 4.37. The first-order valence-corrected chi connectivity index (χ1v) is 8.27. The highest BCUT2D eigenvalue weighted by molar-refractivity contribution is 5.91. The Morgan fingerprint density at radius 2 is 1.70 bits per heavy atom. The largest absolute Gasteiger partial charge is 0.493 e. The molecule has 0 radical (unpaired) electrons. The van der Waals surface area contributed by atoms with Crippen LogP contribution in [0.5, 0.6) is 17.2 Å². The van der Waals surface area contributed by atoms with Gasteiger partial charge >= 0.3 is 5.97 Å². The van der Waals surface area contributed by atoms with Crippen molar-refractivity contribution in [3.05, 3.63) is 89.5 Å². The molecular formula is C22H17NO4. The van der Waals surface area contributed by atoms with Crippen LogP contribution in [0.2, 0.25) is 0 Å². The van der Waals surface area contributed by atoms with Crippen molar-refractivity contribution < 1.29 is 19.0 Å². The minimum atomic E-state index is -0.512. The van der Waals surface area contributed by atoms with Crippen molar-refractivity contribution >= 4 is 5.97 Å². The van der Waals surface area contributed by atoms with Gasteiger partial charge in [0, 0.05) is 5.56 Å². The lowest BCUT2D eigenvalue weighted by molar-refractivity contribution is 0.0729. The Balaban J connectivity index is 1.71. The first kappa shape index (κ1) is 18.0. The van der Waals surface area contributed by atoms with Crippen LogP contribution >= 0.6 is 0 Å². The molecule has 3 aromatic carbocycles. The molecule has 5 heteroatoms. The van der Waals surface area contributed by atoms with Crippen LogP contribution in [0.15, 0.2) is 72.8 Å². The number of benzene rings is 3. The van der Waals surface area contributed by atoms with Gasteiger partial charge in [-0.2, -0.15) is 5.26 Å². The number of para-hydroxylation sites is 2. The van der Waals surface area contributed by atoms with Crippen molar-refractivity contribution in [2.24, 2.45) is 0 Å². The molecule has 0 amide bonds. The van der Waals surface area contributed by atoms with Gasteiger partial charge < -0.3 is 14.2 Å². The van der Waals surface area contributed by atoms with E-state index in [4.69, 9.17) is 19.5 Å². The second-order valence-corrected chi connectivity index (χ2v) is 5.63. The van der Waals surface area contributed by atoms with E-state index >= 15 is 0 Å². The fourth-order valence-electron chi connectivity index (χ4n) is 2.49. The summed E-state index contributed by atoms with van der Waals surface area (Å²) in [5.41, 5.74) is 1.69. The van der Waals surface area contributed by atoms with E-state index in [1.807, 2.05) is 12.1 Å². The Morgan fingerprint density at radius 3 is 2.48 bits per heavy atom. The number of ether oxygens (including phenoxy) is 3. The van der Waals surface area contributed by atoms with E-state index in [1.54, 1.807) is 60.7 Å². The summed E-state index contributed by atoms with van der Waals surface area (Å²) in [6.45, 7) is 0.231. The molecule has 134 valence electrons. The van der Waals surface area contributed by atoms with E-state index in [9.17, 15) is 4.79 Å². The van der Waals surface area contributed by atoms with E-state index in [0.29, 0.717) is 28.4 Å². The molecule has 0 atom stereocenters. The van der Waals surface area contributed by atoms with Crippen molar-refractivity contribution in [3.63, 3.8) is 0 Å². The molecule has 27 heavy (non-hydrogen) atoms. The SMILES string of the molecule is COc1ccccc1OC(=O)c1cccc(OCc2ccccc2C#N)c1. The van der Waals surface area contributed by atoms with Crippen LogP contribution in [0, 0.1) is 11.3 Å². The number of nitrogens with zero attached hydrogens (tertiary/aromatic N) is 1. The van der Waals surface area contributed by atoms with Gasteiger partial charge in [-0.1, -0.05) is 36.4 Å². The highest BCUT2D eigenvalue weighted by atomic mass is 16.6. The summed E-state index contributed by atoms with van der Waals surface area (Å²) in [6.07, 6.45) is 0. The molecule has 0 bridgehead atoms. The lowest BCUT2D eigenvalue weighted by Crippen LogP contribution is -2.09. The average Bonchev–Trinajstić information content (AvgIpc) is 2.73. The van der Waals surface area contributed by atoms with Crippen LogP contribution in [0.4, 0.5) is 0 Å². The van der Waals surface area contributed by atoms with Gasteiger partial charge in [0.05, 0.1) is 24.3 Å². The van der Waals surface area contributed by atoms with E-state index in [2.05, 4.69) is 6.07 Å². The van der Waals surface area contributed by atoms with Crippen molar-refractivity contribution in [3.8, 4) is 23.3 Å². The lowest BCUT2D eigenvalue weighted by Gasteiger charge is -2.10. The lowest BCUT2D eigenvalue weighted by atomic mass is 10.1. The Hall–Kier alpha value is -3.78. The van der Waals surface area contributed by atoms with Crippen LogP contribution in [-0.4, -0.2) is 13.1 Å². The van der Waals surface area contributed by atoms with Crippen LogP contribution in [0.25, 0.3) is 0 Å². The number of carbonyl (C=O) groups excluding carboxylic acids is 1. The van der Waals surface area contributed by atoms with Gasteiger partial charge in [-0.05, 0) is 36.4 Å². The summed E-state index contributed by atoms with van der Waals surface area (Å²) < 4.78 is 16.3. The number of carbonyl (C=O) groups is 1. The summed E-state index contributed by atoms with van der Waals surface area (Å²) in [4.78, 5) is 12.4. The third-order valence-electron chi connectivity index (χ3n) is 3.87. The van der Waals surface area contributed by atoms with Crippen molar-refractivity contribution in [1.29, 1.82) is 5.26 Å². The summed E-state index contributed by atoms with van der Waals surface area (Å²) in [5.74, 6) is 0.824. The molecule has 0 heterocycles. The van der Waals surface area contributed by atoms with Gasteiger partial charge in [0.15, 0.2) is 11.5 Å². The zero-order chi connectivity index (χ0) is 19.1. The molecule has 0 N–H and O–H groups in total. The quantitative estimate of drug-likeness (QED) is 0.483.